The van der Waals surface area contributed by atoms with Crippen LogP contribution in [0.15, 0.2) is 30.3 Å². The molecule has 3 unspecified atom stereocenters. The van der Waals surface area contributed by atoms with Crippen LogP contribution in [0, 0.1) is 46.3 Å². The Morgan fingerprint density at radius 3 is 2.47 bits per heavy atom. The molecule has 0 aromatic heterocycles. The van der Waals surface area contributed by atoms with Gasteiger partial charge in [0.15, 0.2) is 0 Å². The summed E-state index contributed by atoms with van der Waals surface area (Å²) in [7, 11) is 2.22. The number of nitrogens with zero attached hydrogens (tertiary/aromatic N) is 1. The molecular weight excluding hydrogens is 446 g/mol. The molecule has 4 aliphatic carbocycles. The number of rotatable bonds is 7. The minimum Gasteiger partial charge on any atom is -0.393 e. The van der Waals surface area contributed by atoms with Crippen molar-refractivity contribution in [2.45, 2.75) is 103 Å². The molecule has 1 aromatic rings. The summed E-state index contributed by atoms with van der Waals surface area (Å²) < 4.78 is 0. The first-order chi connectivity index (χ1) is 17.1. The van der Waals surface area contributed by atoms with Gasteiger partial charge in [-0.25, -0.2) is 0 Å². The van der Waals surface area contributed by atoms with Crippen LogP contribution in [0.1, 0.15) is 84.1 Å². The van der Waals surface area contributed by atoms with Crippen LogP contribution in [-0.2, 0) is 6.54 Å². The van der Waals surface area contributed by atoms with Gasteiger partial charge in [-0.3, -0.25) is 0 Å². The molecule has 0 saturated heterocycles. The van der Waals surface area contributed by atoms with Crippen molar-refractivity contribution in [3.8, 4) is 0 Å². The lowest BCUT2D eigenvalue weighted by Crippen LogP contribution is -2.62. The van der Waals surface area contributed by atoms with Crippen molar-refractivity contribution in [1.82, 2.24) is 4.90 Å². The molecule has 1 aromatic carbocycles. The van der Waals surface area contributed by atoms with Gasteiger partial charge >= 0.3 is 0 Å². The van der Waals surface area contributed by atoms with Crippen LogP contribution in [0.2, 0.25) is 0 Å². The van der Waals surface area contributed by atoms with E-state index in [9.17, 15) is 15.3 Å². The van der Waals surface area contributed by atoms with Crippen LogP contribution in [0.4, 0.5) is 0 Å². The van der Waals surface area contributed by atoms with Crippen molar-refractivity contribution in [1.29, 1.82) is 0 Å². The van der Waals surface area contributed by atoms with Gasteiger partial charge in [0.05, 0.1) is 18.3 Å². The van der Waals surface area contributed by atoms with Crippen LogP contribution in [0.25, 0.3) is 0 Å². The highest BCUT2D eigenvalue weighted by atomic mass is 16.3. The summed E-state index contributed by atoms with van der Waals surface area (Å²) in [6.45, 7) is 9.31. The van der Waals surface area contributed by atoms with E-state index in [1.165, 1.54) is 24.8 Å². The van der Waals surface area contributed by atoms with E-state index in [-0.39, 0.29) is 29.1 Å². The first kappa shape index (κ1) is 26.7. The Bertz CT molecular complexity index is 877. The minimum atomic E-state index is -0.283. The van der Waals surface area contributed by atoms with E-state index in [0.29, 0.717) is 35.5 Å². The first-order valence-electron chi connectivity index (χ1n) is 14.9. The molecule has 5 rings (SSSR count). The third kappa shape index (κ3) is 4.59. The number of benzene rings is 1. The molecule has 11 atom stereocenters. The van der Waals surface area contributed by atoms with Crippen LogP contribution in [-0.4, -0.2) is 52.1 Å². The molecule has 0 heterocycles. The average Bonchev–Trinajstić information content (AvgIpc) is 3.20. The maximum atomic E-state index is 11.8. The number of aliphatic hydroxyl groups excluding tert-OH is 3. The number of aliphatic hydroxyl groups is 3. The molecule has 0 bridgehead atoms. The standard InChI is InChI=1S/C32H51NO3/c1-21(9-8-16-33(4)20-22-10-6-5-7-11-22)25-12-13-26-30-27(19-29(36)32(25,26)3)31(2)15-14-24(34)17-23(31)18-28(30)35/h5-7,10-11,21,23-30,34-36H,8-9,12-20H2,1-4H3/t21-,23?,24-,25?,26+,27+,28-,29+,30?,31+,32-/m1/s1. The van der Waals surface area contributed by atoms with E-state index < -0.39 is 0 Å². The highest BCUT2D eigenvalue weighted by Gasteiger charge is 2.65. The molecule has 4 heteroatoms. The van der Waals surface area contributed by atoms with E-state index in [4.69, 9.17) is 0 Å². The number of hydrogen-bond donors (Lipinski definition) is 3. The molecule has 0 amide bonds. The number of hydrogen-bond acceptors (Lipinski definition) is 4. The van der Waals surface area contributed by atoms with E-state index in [2.05, 4.69) is 63.1 Å². The molecule has 4 fully saturated rings. The second-order valence-corrected chi connectivity index (χ2v) is 13.9. The van der Waals surface area contributed by atoms with E-state index >= 15 is 0 Å². The van der Waals surface area contributed by atoms with Gasteiger partial charge in [0.25, 0.3) is 0 Å². The fourth-order valence-corrected chi connectivity index (χ4v) is 9.99. The van der Waals surface area contributed by atoms with E-state index in [1.54, 1.807) is 0 Å². The Kier molecular flexibility index (Phi) is 7.64. The highest BCUT2D eigenvalue weighted by Crippen LogP contribution is 2.68. The summed E-state index contributed by atoms with van der Waals surface area (Å²) >= 11 is 0. The zero-order valence-electron chi connectivity index (χ0n) is 23.1. The lowest BCUT2D eigenvalue weighted by molar-refractivity contribution is -0.207. The predicted octanol–water partition coefficient (Wildman–Crippen LogP) is 5.50. The second-order valence-electron chi connectivity index (χ2n) is 13.9. The molecule has 4 nitrogen and oxygen atoms in total. The molecular formula is C32H51NO3. The summed E-state index contributed by atoms with van der Waals surface area (Å²) in [4.78, 5) is 2.43. The van der Waals surface area contributed by atoms with Crippen LogP contribution in [0.5, 0.6) is 0 Å². The first-order valence-corrected chi connectivity index (χ1v) is 14.9. The smallest absolute Gasteiger partial charge is 0.0602 e. The van der Waals surface area contributed by atoms with Gasteiger partial charge < -0.3 is 20.2 Å². The topological polar surface area (TPSA) is 63.9 Å². The van der Waals surface area contributed by atoms with Gasteiger partial charge in [0.2, 0.25) is 0 Å². The minimum absolute atomic E-state index is 0.0884. The van der Waals surface area contributed by atoms with Crippen molar-refractivity contribution < 1.29 is 15.3 Å². The maximum Gasteiger partial charge on any atom is 0.0602 e. The van der Waals surface area contributed by atoms with Gasteiger partial charge in [-0.15, -0.1) is 0 Å². The van der Waals surface area contributed by atoms with Gasteiger partial charge in [-0.1, -0.05) is 51.1 Å². The van der Waals surface area contributed by atoms with Crippen LogP contribution >= 0.6 is 0 Å². The van der Waals surface area contributed by atoms with Gasteiger partial charge in [0.1, 0.15) is 0 Å². The molecule has 0 spiro atoms. The fraction of sp³-hybridized carbons (Fsp3) is 0.812. The number of fused-ring (bicyclic) bond motifs is 5. The third-order valence-electron chi connectivity index (χ3n) is 12.0. The van der Waals surface area contributed by atoms with Crippen molar-refractivity contribution in [2.24, 2.45) is 46.3 Å². The SMILES string of the molecule is C[C@H](CCCN(C)Cc1ccccc1)C1CC[C@H]2C3[C@H](O)CC4C[C@H](O)CC[C@]4(C)[C@H]3C[C@H](O)[C@]12C. The van der Waals surface area contributed by atoms with Gasteiger partial charge in [0, 0.05) is 6.54 Å². The second kappa shape index (κ2) is 10.3. The molecule has 4 aliphatic rings. The molecule has 202 valence electrons. The average molecular weight is 498 g/mol. The van der Waals surface area contributed by atoms with E-state index in [0.717, 1.165) is 51.6 Å². The Morgan fingerprint density at radius 1 is 0.972 bits per heavy atom. The van der Waals surface area contributed by atoms with Gasteiger partial charge in [-0.05, 0) is 123 Å². The molecule has 0 radical (unpaired) electrons. The largest absolute Gasteiger partial charge is 0.393 e. The molecule has 36 heavy (non-hydrogen) atoms. The Hall–Kier alpha value is -0.940. The Labute approximate surface area is 219 Å². The summed E-state index contributed by atoms with van der Waals surface area (Å²) in [6, 6.07) is 10.7. The monoisotopic (exact) mass is 497 g/mol. The quantitative estimate of drug-likeness (QED) is 0.466. The molecule has 4 saturated carbocycles. The molecule has 0 aliphatic heterocycles. The van der Waals surface area contributed by atoms with Crippen LogP contribution < -0.4 is 0 Å². The summed E-state index contributed by atoms with van der Waals surface area (Å²) in [5.41, 5.74) is 1.43. The van der Waals surface area contributed by atoms with Crippen LogP contribution in [0.3, 0.4) is 0 Å². The predicted molar refractivity (Wildman–Crippen MR) is 145 cm³/mol. The Balaban J connectivity index is 1.24. The third-order valence-corrected chi connectivity index (χ3v) is 12.0. The van der Waals surface area contributed by atoms with Crippen molar-refractivity contribution in [3.63, 3.8) is 0 Å². The lowest BCUT2D eigenvalue weighted by atomic mass is 9.43. The van der Waals surface area contributed by atoms with Crippen molar-refractivity contribution in [3.05, 3.63) is 35.9 Å². The maximum absolute atomic E-state index is 11.8. The normalized spacial score (nSPS) is 45.1. The summed E-state index contributed by atoms with van der Waals surface area (Å²) in [5.74, 6) is 2.61. The highest BCUT2D eigenvalue weighted by molar-refractivity contribution is 5.15. The summed E-state index contributed by atoms with van der Waals surface area (Å²) in [6.07, 6.45) is 8.37. The van der Waals surface area contributed by atoms with Crippen molar-refractivity contribution >= 4 is 0 Å². The zero-order chi connectivity index (χ0) is 25.7. The zero-order valence-corrected chi connectivity index (χ0v) is 23.1. The Morgan fingerprint density at radius 2 is 1.72 bits per heavy atom. The van der Waals surface area contributed by atoms with Crippen molar-refractivity contribution in [2.75, 3.05) is 13.6 Å². The fourth-order valence-electron chi connectivity index (χ4n) is 9.99. The van der Waals surface area contributed by atoms with E-state index in [1.807, 2.05) is 0 Å². The molecule has 3 N–H and O–H groups in total. The van der Waals surface area contributed by atoms with Gasteiger partial charge in [-0.2, -0.15) is 0 Å². The summed E-state index contributed by atoms with van der Waals surface area (Å²) in [5, 5.41) is 33.6. The lowest BCUT2D eigenvalue weighted by Gasteiger charge is -2.63.